The first-order chi connectivity index (χ1) is 10.3. The number of benzene rings is 1. The van der Waals surface area contributed by atoms with Crippen LogP contribution in [0, 0.1) is 0 Å². The lowest BCUT2D eigenvalue weighted by molar-refractivity contribution is 0.960. The zero-order chi connectivity index (χ0) is 14.2. The highest BCUT2D eigenvalue weighted by Crippen LogP contribution is 2.28. The van der Waals surface area contributed by atoms with Crippen molar-refractivity contribution in [2.24, 2.45) is 4.99 Å². The molecule has 0 spiro atoms. The van der Waals surface area contributed by atoms with E-state index in [9.17, 15) is 0 Å². The van der Waals surface area contributed by atoms with Crippen LogP contribution in [-0.2, 0) is 0 Å². The summed E-state index contributed by atoms with van der Waals surface area (Å²) in [5, 5.41) is 3.29. The molecule has 0 amide bonds. The number of pyridine rings is 1. The molecule has 0 bridgehead atoms. The average molecular weight is 341 g/mol. The maximum absolute atomic E-state index is 4.68. The van der Waals surface area contributed by atoms with E-state index in [-0.39, 0.29) is 0 Å². The summed E-state index contributed by atoms with van der Waals surface area (Å²) in [6.45, 7) is 1.78. The van der Waals surface area contributed by atoms with Gasteiger partial charge in [-0.15, -0.1) is 0 Å². The molecule has 4 nitrogen and oxygen atoms in total. The Morgan fingerprint density at radius 1 is 1.05 bits per heavy atom. The van der Waals surface area contributed by atoms with Crippen LogP contribution in [0.2, 0.25) is 0 Å². The Kier molecular flexibility index (Phi) is 3.00. The molecule has 0 fully saturated rings. The molecular weight excluding hydrogens is 328 g/mol. The Morgan fingerprint density at radius 2 is 1.86 bits per heavy atom. The Labute approximate surface area is 130 Å². The highest BCUT2D eigenvalue weighted by molar-refractivity contribution is 9.10. The fourth-order valence-corrected chi connectivity index (χ4v) is 3.14. The molecule has 0 atom stereocenters. The van der Waals surface area contributed by atoms with E-state index in [1.165, 1.54) is 0 Å². The minimum atomic E-state index is 0.856. The minimum absolute atomic E-state index is 0.856. The molecule has 1 N–H and O–H groups in total. The van der Waals surface area contributed by atoms with E-state index in [4.69, 9.17) is 0 Å². The Bertz CT molecular complexity index is 833. The first kappa shape index (κ1) is 12.6. The highest BCUT2D eigenvalue weighted by Gasteiger charge is 2.12. The predicted molar refractivity (Wildman–Crippen MR) is 87.7 cm³/mol. The van der Waals surface area contributed by atoms with Crippen molar-refractivity contribution in [3.8, 4) is 11.3 Å². The smallest absolute Gasteiger partial charge is 0.138 e. The van der Waals surface area contributed by atoms with Gasteiger partial charge in [0.1, 0.15) is 21.8 Å². The van der Waals surface area contributed by atoms with Gasteiger partial charge < -0.3 is 5.32 Å². The molecule has 4 rings (SSSR count). The van der Waals surface area contributed by atoms with Crippen LogP contribution < -0.4 is 5.32 Å². The molecule has 2 aromatic heterocycles. The minimum Gasteiger partial charge on any atom is -0.368 e. The topological polar surface area (TPSA) is 41.7 Å². The number of imidazole rings is 1. The van der Waals surface area contributed by atoms with Gasteiger partial charge in [0.25, 0.3) is 0 Å². The van der Waals surface area contributed by atoms with Gasteiger partial charge in [-0.25, -0.2) is 4.98 Å². The first-order valence-electron chi connectivity index (χ1n) is 6.85. The Balaban J connectivity index is 1.76. The normalized spacial score (nSPS) is 14.2. The van der Waals surface area contributed by atoms with E-state index in [1.807, 2.05) is 28.8 Å². The van der Waals surface area contributed by atoms with Gasteiger partial charge in [0.2, 0.25) is 0 Å². The van der Waals surface area contributed by atoms with Crippen molar-refractivity contribution < 1.29 is 0 Å². The molecule has 0 radical (unpaired) electrons. The van der Waals surface area contributed by atoms with Gasteiger partial charge >= 0.3 is 0 Å². The number of rotatable bonds is 2. The maximum atomic E-state index is 4.68. The number of nitrogens with zero attached hydrogens (tertiary/aromatic N) is 3. The summed E-state index contributed by atoms with van der Waals surface area (Å²) >= 11 is 3.64. The number of hydrogen-bond acceptors (Lipinski definition) is 3. The fraction of sp³-hybridized carbons (Fsp3) is 0.125. The Hall–Kier alpha value is -2.14. The van der Waals surface area contributed by atoms with Crippen molar-refractivity contribution in [1.29, 1.82) is 0 Å². The standard InChI is InChI=1S/C16H13BrN4/c17-15-14(20-13-3-1-2-10-21(13)15)11-4-6-12(7-5-11)16-18-8-9-19-16/h1-7,10H,8-9H2,(H,18,19). The molecule has 0 aliphatic carbocycles. The van der Waals surface area contributed by atoms with Crippen molar-refractivity contribution in [3.05, 3.63) is 58.8 Å². The molecule has 1 aliphatic rings. The van der Waals surface area contributed by atoms with Crippen molar-refractivity contribution in [2.75, 3.05) is 13.1 Å². The number of hydrogen-bond donors (Lipinski definition) is 1. The van der Waals surface area contributed by atoms with Gasteiger partial charge in [0.05, 0.1) is 6.54 Å². The van der Waals surface area contributed by atoms with Gasteiger partial charge in [-0.1, -0.05) is 30.3 Å². The average Bonchev–Trinajstić information content (AvgIpc) is 3.17. The molecule has 104 valence electrons. The van der Waals surface area contributed by atoms with Gasteiger partial charge in [0, 0.05) is 23.9 Å². The zero-order valence-electron chi connectivity index (χ0n) is 11.3. The molecule has 1 aliphatic heterocycles. The van der Waals surface area contributed by atoms with Crippen LogP contribution in [0.1, 0.15) is 5.56 Å². The molecule has 3 heterocycles. The van der Waals surface area contributed by atoms with Crippen LogP contribution in [0.3, 0.4) is 0 Å². The van der Waals surface area contributed by atoms with Gasteiger partial charge in [-0.3, -0.25) is 9.39 Å². The summed E-state index contributed by atoms with van der Waals surface area (Å²) < 4.78 is 3.01. The third kappa shape index (κ3) is 2.14. The monoisotopic (exact) mass is 340 g/mol. The number of amidine groups is 1. The second-order valence-electron chi connectivity index (χ2n) is 4.91. The number of halogens is 1. The molecular formula is C16H13BrN4. The summed E-state index contributed by atoms with van der Waals surface area (Å²) in [7, 11) is 0. The predicted octanol–water partition coefficient (Wildman–Crippen LogP) is 3.11. The molecule has 21 heavy (non-hydrogen) atoms. The van der Waals surface area contributed by atoms with E-state index >= 15 is 0 Å². The van der Waals surface area contributed by atoms with E-state index < -0.39 is 0 Å². The summed E-state index contributed by atoms with van der Waals surface area (Å²) in [4.78, 5) is 9.12. The second kappa shape index (κ2) is 5.00. The Morgan fingerprint density at radius 3 is 2.57 bits per heavy atom. The van der Waals surface area contributed by atoms with Gasteiger partial charge in [0.15, 0.2) is 0 Å². The van der Waals surface area contributed by atoms with E-state index in [1.54, 1.807) is 0 Å². The van der Waals surface area contributed by atoms with Crippen molar-refractivity contribution >= 4 is 27.4 Å². The SMILES string of the molecule is Brc1c(-c2ccc(C3=NCCN3)cc2)nc2ccccn12. The summed E-state index contributed by atoms with van der Waals surface area (Å²) in [6, 6.07) is 14.3. The number of aliphatic imine (C=N–C) groups is 1. The lowest BCUT2D eigenvalue weighted by Gasteiger charge is -2.03. The van der Waals surface area contributed by atoms with Crippen LogP contribution in [0.5, 0.6) is 0 Å². The van der Waals surface area contributed by atoms with Crippen LogP contribution in [0.25, 0.3) is 16.9 Å². The molecule has 3 aromatic rings. The number of aromatic nitrogens is 2. The molecule has 0 unspecified atom stereocenters. The second-order valence-corrected chi connectivity index (χ2v) is 5.67. The number of nitrogens with one attached hydrogen (secondary N) is 1. The molecule has 1 aromatic carbocycles. The number of fused-ring (bicyclic) bond motifs is 1. The van der Waals surface area contributed by atoms with Crippen molar-refractivity contribution in [1.82, 2.24) is 14.7 Å². The van der Waals surface area contributed by atoms with Crippen molar-refractivity contribution in [3.63, 3.8) is 0 Å². The quantitative estimate of drug-likeness (QED) is 0.778. The van der Waals surface area contributed by atoms with Crippen molar-refractivity contribution in [2.45, 2.75) is 0 Å². The lowest BCUT2D eigenvalue weighted by atomic mass is 10.1. The molecule has 0 saturated carbocycles. The summed E-state index contributed by atoms with van der Waals surface area (Å²) in [5.41, 5.74) is 4.10. The van der Waals surface area contributed by atoms with Gasteiger partial charge in [-0.2, -0.15) is 0 Å². The molecule has 0 saturated heterocycles. The van der Waals surface area contributed by atoms with E-state index in [0.717, 1.165) is 46.0 Å². The maximum Gasteiger partial charge on any atom is 0.138 e. The van der Waals surface area contributed by atoms with Crippen LogP contribution in [-0.4, -0.2) is 28.3 Å². The summed E-state index contributed by atoms with van der Waals surface area (Å²) in [5.74, 6) is 0.982. The van der Waals surface area contributed by atoms with E-state index in [0.29, 0.717) is 0 Å². The lowest BCUT2D eigenvalue weighted by Crippen LogP contribution is -2.19. The van der Waals surface area contributed by atoms with Crippen LogP contribution >= 0.6 is 15.9 Å². The van der Waals surface area contributed by atoms with E-state index in [2.05, 4.69) is 55.5 Å². The third-order valence-electron chi connectivity index (χ3n) is 3.58. The van der Waals surface area contributed by atoms with Gasteiger partial charge in [-0.05, 0) is 28.1 Å². The largest absolute Gasteiger partial charge is 0.368 e. The summed E-state index contributed by atoms with van der Waals surface area (Å²) in [6.07, 6.45) is 2.00. The fourth-order valence-electron chi connectivity index (χ4n) is 2.53. The zero-order valence-corrected chi connectivity index (χ0v) is 12.8. The van der Waals surface area contributed by atoms with Crippen LogP contribution in [0.15, 0.2) is 58.3 Å². The first-order valence-corrected chi connectivity index (χ1v) is 7.64. The highest BCUT2D eigenvalue weighted by atomic mass is 79.9. The van der Waals surface area contributed by atoms with Crippen LogP contribution in [0.4, 0.5) is 0 Å². The third-order valence-corrected chi connectivity index (χ3v) is 4.34. The molecule has 5 heteroatoms.